The molecule has 1 aliphatic carbocycles. The van der Waals surface area contributed by atoms with Gasteiger partial charge < -0.3 is 10.5 Å². The summed E-state index contributed by atoms with van der Waals surface area (Å²) < 4.78 is 19.5. The first-order chi connectivity index (χ1) is 20.3. The van der Waals surface area contributed by atoms with Crippen molar-refractivity contribution in [3.05, 3.63) is 120 Å². The number of nitro benzene ring substituents is 1. The largest absolute Gasteiger partial charge is 0.487 e. The van der Waals surface area contributed by atoms with E-state index in [2.05, 4.69) is 6.07 Å². The van der Waals surface area contributed by atoms with Gasteiger partial charge in [0.25, 0.3) is 5.69 Å². The average Bonchev–Trinajstić information content (AvgIpc) is 2.92. The fraction of sp³-hybridized carbons (Fsp3) is 0.273. The minimum absolute atomic E-state index is 0.109. The molecule has 1 atom stereocenters. The van der Waals surface area contributed by atoms with E-state index in [-0.39, 0.29) is 40.9 Å². The maximum atomic E-state index is 14.0. The molecule has 0 saturated heterocycles. The summed E-state index contributed by atoms with van der Waals surface area (Å²) in [5, 5.41) is 22.2. The SMILES string of the molecule is Cc1cc(C)c(C2C(C#N)=C(N)N(c3cccc([N+](=O)[O-])c3)C3=C2C(=O)CC(C)(C)C3)cc1COc1ccc(F)cc1Cl. The number of ether oxygens (including phenoxy) is 1. The van der Waals surface area contributed by atoms with Crippen LogP contribution < -0.4 is 15.4 Å². The summed E-state index contributed by atoms with van der Waals surface area (Å²) in [6, 6.07) is 16.0. The van der Waals surface area contributed by atoms with E-state index in [0.717, 1.165) is 22.3 Å². The van der Waals surface area contributed by atoms with Crippen LogP contribution in [0.5, 0.6) is 5.75 Å². The van der Waals surface area contributed by atoms with Crippen molar-refractivity contribution in [3.8, 4) is 11.8 Å². The molecule has 220 valence electrons. The Kier molecular flexibility index (Phi) is 7.76. The van der Waals surface area contributed by atoms with E-state index >= 15 is 0 Å². The molecule has 0 spiro atoms. The lowest BCUT2D eigenvalue weighted by Crippen LogP contribution is -2.42. The Morgan fingerprint density at radius 3 is 2.58 bits per heavy atom. The van der Waals surface area contributed by atoms with Crippen molar-refractivity contribution >= 4 is 28.8 Å². The molecule has 10 heteroatoms. The van der Waals surface area contributed by atoms with Crippen molar-refractivity contribution in [2.75, 3.05) is 4.90 Å². The highest BCUT2D eigenvalue weighted by molar-refractivity contribution is 6.32. The van der Waals surface area contributed by atoms with Crippen molar-refractivity contribution in [1.82, 2.24) is 0 Å². The van der Waals surface area contributed by atoms with Crippen LogP contribution in [0.25, 0.3) is 0 Å². The van der Waals surface area contributed by atoms with Gasteiger partial charge in [-0.3, -0.25) is 19.8 Å². The van der Waals surface area contributed by atoms with E-state index in [1.165, 1.54) is 30.3 Å². The first-order valence-corrected chi connectivity index (χ1v) is 14.1. The van der Waals surface area contributed by atoms with Gasteiger partial charge in [-0.05, 0) is 72.2 Å². The third-order valence-electron chi connectivity index (χ3n) is 7.99. The Morgan fingerprint density at radius 1 is 1.16 bits per heavy atom. The van der Waals surface area contributed by atoms with Crippen LogP contribution in [0, 0.1) is 46.5 Å². The molecule has 0 radical (unpaired) electrons. The van der Waals surface area contributed by atoms with E-state index < -0.39 is 22.1 Å². The fourth-order valence-electron chi connectivity index (χ4n) is 5.99. The van der Waals surface area contributed by atoms with Gasteiger partial charge in [-0.1, -0.05) is 43.6 Å². The van der Waals surface area contributed by atoms with E-state index in [4.69, 9.17) is 22.1 Å². The van der Waals surface area contributed by atoms with Crippen molar-refractivity contribution in [2.45, 2.75) is 53.1 Å². The monoisotopic (exact) mass is 600 g/mol. The Morgan fingerprint density at radius 2 is 1.91 bits per heavy atom. The number of carbonyl (C=O) groups is 1. The summed E-state index contributed by atoms with van der Waals surface area (Å²) in [5.41, 5.74) is 11.2. The molecule has 3 aromatic rings. The molecule has 0 aromatic heterocycles. The summed E-state index contributed by atoms with van der Waals surface area (Å²) >= 11 is 6.17. The number of non-ortho nitro benzene ring substituents is 1. The lowest BCUT2D eigenvalue weighted by atomic mass is 9.68. The topological polar surface area (TPSA) is 122 Å². The summed E-state index contributed by atoms with van der Waals surface area (Å²) in [7, 11) is 0. The molecule has 2 aliphatic rings. The van der Waals surface area contributed by atoms with E-state index in [0.29, 0.717) is 29.1 Å². The maximum absolute atomic E-state index is 14.0. The molecule has 5 rings (SSSR count). The number of Topliss-reactive ketones (excluding diaryl/α,β-unsaturated/α-hetero) is 1. The molecule has 1 heterocycles. The normalized spacial score (nSPS) is 17.9. The van der Waals surface area contributed by atoms with Crippen molar-refractivity contribution in [2.24, 2.45) is 11.1 Å². The number of aryl methyl sites for hydroxylation is 2. The summed E-state index contributed by atoms with van der Waals surface area (Å²) in [5.74, 6) is -0.880. The van der Waals surface area contributed by atoms with Gasteiger partial charge in [0.05, 0.1) is 33.2 Å². The summed E-state index contributed by atoms with van der Waals surface area (Å²) in [6.45, 7) is 7.94. The minimum Gasteiger partial charge on any atom is -0.487 e. The lowest BCUT2D eigenvalue weighted by molar-refractivity contribution is -0.384. The Balaban J connectivity index is 1.67. The molecule has 0 amide bonds. The fourth-order valence-corrected chi connectivity index (χ4v) is 6.21. The number of nitrogens with two attached hydrogens (primary N) is 1. The van der Waals surface area contributed by atoms with Gasteiger partial charge in [-0.15, -0.1) is 0 Å². The van der Waals surface area contributed by atoms with Crippen LogP contribution in [-0.4, -0.2) is 10.7 Å². The predicted molar refractivity (Wildman–Crippen MR) is 162 cm³/mol. The van der Waals surface area contributed by atoms with Gasteiger partial charge in [0.15, 0.2) is 5.78 Å². The van der Waals surface area contributed by atoms with Crippen molar-refractivity contribution in [1.29, 1.82) is 5.26 Å². The van der Waals surface area contributed by atoms with Gasteiger partial charge in [0.2, 0.25) is 0 Å². The third kappa shape index (κ3) is 5.58. The van der Waals surface area contributed by atoms with Gasteiger partial charge in [0, 0.05) is 29.8 Å². The standard InChI is InChI=1S/C33H30ClFN4O4/c1-18-10-19(2)24(11-20(18)17-43-29-9-8-21(35)12-26(29)34)30-25(16-36)32(37)38(22-6-5-7-23(13-22)39(41)42)27-14-33(3,4)15-28(40)31(27)30/h5-13,30H,14-15,17,37H2,1-4H3. The first kappa shape index (κ1) is 29.8. The number of nitrogens with zero attached hydrogens (tertiary/aromatic N) is 3. The summed E-state index contributed by atoms with van der Waals surface area (Å²) in [6.07, 6.45) is 0.740. The third-order valence-corrected chi connectivity index (χ3v) is 8.29. The highest BCUT2D eigenvalue weighted by Crippen LogP contribution is 2.51. The zero-order valence-electron chi connectivity index (χ0n) is 24.2. The van der Waals surface area contributed by atoms with E-state index in [1.54, 1.807) is 17.0 Å². The van der Waals surface area contributed by atoms with Crippen LogP contribution in [0.2, 0.25) is 5.02 Å². The number of rotatable bonds is 6. The molecule has 0 fully saturated rings. The van der Waals surface area contributed by atoms with Crippen molar-refractivity contribution in [3.63, 3.8) is 0 Å². The number of anilines is 1. The molecular weight excluding hydrogens is 571 g/mol. The molecule has 0 bridgehead atoms. The number of allylic oxidation sites excluding steroid dienone is 3. The first-order valence-electron chi connectivity index (χ1n) is 13.7. The Labute approximate surface area is 254 Å². The molecular formula is C33H30ClFN4O4. The quantitative estimate of drug-likeness (QED) is 0.229. The molecule has 1 aliphatic heterocycles. The number of carbonyl (C=O) groups excluding carboxylic acids is 1. The van der Waals surface area contributed by atoms with Crippen LogP contribution in [0.15, 0.2) is 77.3 Å². The minimum atomic E-state index is -0.743. The van der Waals surface area contributed by atoms with Gasteiger partial charge >= 0.3 is 0 Å². The highest BCUT2D eigenvalue weighted by Gasteiger charge is 2.45. The highest BCUT2D eigenvalue weighted by atomic mass is 35.5. The molecule has 2 N–H and O–H groups in total. The number of ketones is 1. The number of halogens is 2. The second kappa shape index (κ2) is 11.2. The lowest BCUT2D eigenvalue weighted by Gasteiger charge is -2.44. The van der Waals surface area contributed by atoms with Crippen molar-refractivity contribution < 1.29 is 18.8 Å². The molecule has 8 nitrogen and oxygen atoms in total. The predicted octanol–water partition coefficient (Wildman–Crippen LogP) is 7.52. The van der Waals surface area contributed by atoms with Gasteiger partial charge in [0.1, 0.15) is 24.0 Å². The van der Waals surface area contributed by atoms with Crippen LogP contribution in [0.3, 0.4) is 0 Å². The Hall–Kier alpha value is -4.68. The van der Waals surface area contributed by atoms with E-state index in [1.807, 2.05) is 39.8 Å². The number of hydrogen-bond donors (Lipinski definition) is 1. The second-order valence-electron chi connectivity index (χ2n) is 11.8. The average molecular weight is 601 g/mol. The second-order valence-corrected chi connectivity index (χ2v) is 12.2. The molecule has 3 aromatic carbocycles. The zero-order valence-corrected chi connectivity index (χ0v) is 25.0. The van der Waals surface area contributed by atoms with Crippen LogP contribution in [0.4, 0.5) is 15.8 Å². The number of nitro groups is 1. The molecule has 43 heavy (non-hydrogen) atoms. The molecule has 1 unspecified atom stereocenters. The Bertz CT molecular complexity index is 1790. The van der Waals surface area contributed by atoms with Crippen LogP contribution in [0.1, 0.15) is 54.9 Å². The summed E-state index contributed by atoms with van der Waals surface area (Å²) in [4.78, 5) is 26.7. The number of hydrogen-bond acceptors (Lipinski definition) is 7. The number of benzene rings is 3. The maximum Gasteiger partial charge on any atom is 0.271 e. The van der Waals surface area contributed by atoms with E-state index in [9.17, 15) is 24.6 Å². The van der Waals surface area contributed by atoms with Gasteiger partial charge in [-0.25, -0.2) is 4.39 Å². The van der Waals surface area contributed by atoms with Crippen LogP contribution in [-0.2, 0) is 11.4 Å². The zero-order chi connectivity index (χ0) is 31.2. The molecule has 0 saturated carbocycles. The number of nitriles is 1. The van der Waals surface area contributed by atoms with Gasteiger partial charge in [-0.2, -0.15) is 5.26 Å². The van der Waals surface area contributed by atoms with Crippen LogP contribution >= 0.6 is 11.6 Å². The smallest absolute Gasteiger partial charge is 0.271 e.